The van der Waals surface area contributed by atoms with Crippen LogP contribution in [0.2, 0.25) is 0 Å². The van der Waals surface area contributed by atoms with Gasteiger partial charge in [0.05, 0.1) is 11.0 Å². The number of carbonyl (C=O) groups is 1. The largest absolute Gasteiger partial charge is 0.477 e. The summed E-state index contributed by atoms with van der Waals surface area (Å²) in [5, 5.41) is 11.9. The summed E-state index contributed by atoms with van der Waals surface area (Å²) in [6, 6.07) is 2.97. The van der Waals surface area contributed by atoms with Gasteiger partial charge in [0.25, 0.3) is 0 Å². The second-order valence-electron chi connectivity index (χ2n) is 8.05. The van der Waals surface area contributed by atoms with Crippen molar-refractivity contribution >= 4 is 16.2 Å². The third-order valence-corrected chi connectivity index (χ3v) is 7.30. The van der Waals surface area contributed by atoms with Crippen LogP contribution in [0, 0.1) is 0 Å². The van der Waals surface area contributed by atoms with Crippen molar-refractivity contribution in [2.75, 3.05) is 13.1 Å². The van der Waals surface area contributed by atoms with Gasteiger partial charge < -0.3 is 14.0 Å². The second kappa shape index (κ2) is 5.56. The average molecular weight is 407 g/mol. The highest BCUT2D eigenvalue weighted by Gasteiger charge is 2.73. The highest BCUT2D eigenvalue weighted by molar-refractivity contribution is 7.81. The van der Waals surface area contributed by atoms with Gasteiger partial charge in [-0.1, -0.05) is 12.1 Å². The van der Waals surface area contributed by atoms with Gasteiger partial charge in [0.1, 0.15) is 0 Å². The number of hydrogen-bond acceptors (Lipinski definition) is 7. The SMILES string of the molecule is C=CCN1CC[C@]23c4c5ccc(OS(=O)(=O)O)c4O[C@H]2C(=O)CC[C@@]3(O)[C@H]1C5. The molecule has 2 N–H and O–H groups in total. The van der Waals surface area contributed by atoms with Crippen LogP contribution in [-0.4, -0.2) is 59.6 Å². The zero-order chi connectivity index (χ0) is 19.9. The van der Waals surface area contributed by atoms with Gasteiger partial charge in [-0.2, -0.15) is 8.42 Å². The first-order valence-corrected chi connectivity index (χ1v) is 10.7. The van der Waals surface area contributed by atoms with Crippen molar-refractivity contribution in [3.05, 3.63) is 35.9 Å². The third kappa shape index (κ3) is 2.10. The Morgan fingerprint density at radius 2 is 2.18 bits per heavy atom. The number of Topliss-reactive ketones (excluding diaryl/α,β-unsaturated/α-hetero) is 1. The molecule has 9 heteroatoms. The molecule has 0 unspecified atom stereocenters. The Morgan fingerprint density at radius 3 is 2.89 bits per heavy atom. The molecule has 1 spiro atoms. The number of ether oxygens (including phenoxy) is 1. The van der Waals surface area contributed by atoms with E-state index in [2.05, 4.69) is 11.5 Å². The molecule has 28 heavy (non-hydrogen) atoms. The lowest BCUT2D eigenvalue weighted by atomic mass is 9.49. The minimum absolute atomic E-state index is 0.109. The molecule has 1 aromatic rings. The number of piperidine rings is 1. The number of rotatable bonds is 4. The van der Waals surface area contributed by atoms with Gasteiger partial charge in [-0.3, -0.25) is 14.2 Å². The third-order valence-electron chi connectivity index (χ3n) is 6.91. The van der Waals surface area contributed by atoms with Crippen LogP contribution >= 0.6 is 0 Å². The number of aliphatic hydroxyl groups is 1. The monoisotopic (exact) mass is 407 g/mol. The molecule has 150 valence electrons. The maximum absolute atomic E-state index is 12.8. The molecular formula is C19H21NO7S. The molecule has 0 radical (unpaired) electrons. The van der Waals surface area contributed by atoms with Crippen molar-refractivity contribution in [2.45, 2.75) is 48.8 Å². The number of nitrogens with zero attached hydrogens (tertiary/aromatic N) is 1. The van der Waals surface area contributed by atoms with Gasteiger partial charge in [-0.25, -0.2) is 0 Å². The lowest BCUT2D eigenvalue weighted by Crippen LogP contribution is -2.76. The van der Waals surface area contributed by atoms with Gasteiger partial charge in [0.2, 0.25) is 0 Å². The number of likely N-dealkylation sites (tertiary alicyclic amines) is 1. The van der Waals surface area contributed by atoms with E-state index in [1.807, 2.05) is 6.08 Å². The van der Waals surface area contributed by atoms with Crippen molar-refractivity contribution in [3.8, 4) is 11.5 Å². The van der Waals surface area contributed by atoms with Crippen molar-refractivity contribution in [2.24, 2.45) is 0 Å². The summed E-state index contributed by atoms with van der Waals surface area (Å²) in [6.45, 7) is 5.11. The summed E-state index contributed by atoms with van der Waals surface area (Å²) < 4.78 is 42.4. The zero-order valence-corrected chi connectivity index (χ0v) is 15.9. The number of benzene rings is 1. The molecule has 4 atom stereocenters. The van der Waals surface area contributed by atoms with Crippen LogP contribution < -0.4 is 8.92 Å². The van der Waals surface area contributed by atoms with Gasteiger partial charge in [-0.15, -0.1) is 6.58 Å². The van der Waals surface area contributed by atoms with E-state index < -0.39 is 27.5 Å². The molecule has 5 rings (SSSR count). The van der Waals surface area contributed by atoms with E-state index in [4.69, 9.17) is 13.5 Å². The van der Waals surface area contributed by atoms with E-state index in [0.717, 1.165) is 5.56 Å². The Kier molecular flexibility index (Phi) is 3.60. The normalized spacial score (nSPS) is 35.9. The van der Waals surface area contributed by atoms with Crippen molar-refractivity contribution in [1.29, 1.82) is 0 Å². The molecule has 1 saturated heterocycles. The van der Waals surface area contributed by atoms with E-state index in [9.17, 15) is 18.3 Å². The Labute approximate surface area is 162 Å². The average Bonchev–Trinajstić information content (AvgIpc) is 2.97. The van der Waals surface area contributed by atoms with Crippen LogP contribution in [0.1, 0.15) is 30.4 Å². The summed E-state index contributed by atoms with van der Waals surface area (Å²) in [5.41, 5.74) is -0.560. The van der Waals surface area contributed by atoms with Crippen LogP contribution in [0.3, 0.4) is 0 Å². The Balaban J connectivity index is 1.75. The lowest BCUT2D eigenvalue weighted by molar-refractivity contribution is -0.187. The molecule has 1 aromatic carbocycles. The first kappa shape index (κ1) is 18.1. The van der Waals surface area contributed by atoms with Crippen LogP contribution in [0.4, 0.5) is 0 Å². The van der Waals surface area contributed by atoms with Crippen molar-refractivity contribution in [3.63, 3.8) is 0 Å². The van der Waals surface area contributed by atoms with E-state index in [0.29, 0.717) is 37.9 Å². The minimum Gasteiger partial charge on any atom is -0.477 e. The second-order valence-corrected chi connectivity index (χ2v) is 9.07. The zero-order valence-electron chi connectivity index (χ0n) is 15.1. The van der Waals surface area contributed by atoms with E-state index in [1.54, 1.807) is 6.07 Å². The van der Waals surface area contributed by atoms with E-state index >= 15 is 0 Å². The molecule has 0 aromatic heterocycles. The molecule has 0 amide bonds. The fourth-order valence-electron chi connectivity index (χ4n) is 5.97. The topological polar surface area (TPSA) is 113 Å². The predicted molar refractivity (Wildman–Crippen MR) is 97.8 cm³/mol. The smallest absolute Gasteiger partial charge is 0.446 e. The molecule has 2 aliphatic carbocycles. The molecule has 2 aliphatic heterocycles. The summed E-state index contributed by atoms with van der Waals surface area (Å²) in [4.78, 5) is 15.0. The predicted octanol–water partition coefficient (Wildman–Crippen LogP) is 0.777. The molecule has 2 bridgehead atoms. The molecule has 2 heterocycles. The maximum atomic E-state index is 12.8. The minimum atomic E-state index is -4.75. The molecule has 8 nitrogen and oxygen atoms in total. The summed E-state index contributed by atoms with van der Waals surface area (Å²) in [5.74, 6) is -0.126. The van der Waals surface area contributed by atoms with Crippen molar-refractivity contribution in [1.82, 2.24) is 4.90 Å². The maximum Gasteiger partial charge on any atom is 0.446 e. The molecule has 4 aliphatic rings. The number of hydrogen-bond donors (Lipinski definition) is 2. The Hall–Kier alpha value is -1.94. The van der Waals surface area contributed by atoms with Crippen LogP contribution in [0.25, 0.3) is 0 Å². The Bertz CT molecular complexity index is 1010. The van der Waals surface area contributed by atoms with Crippen LogP contribution in [-0.2, 0) is 27.0 Å². The molecule has 2 fully saturated rings. The summed E-state index contributed by atoms with van der Waals surface area (Å²) in [6.07, 6.45) is 2.48. The van der Waals surface area contributed by atoms with Crippen LogP contribution in [0.5, 0.6) is 11.5 Å². The number of ketones is 1. The quantitative estimate of drug-likeness (QED) is 0.556. The highest BCUT2D eigenvalue weighted by atomic mass is 32.3. The lowest BCUT2D eigenvalue weighted by Gasteiger charge is -2.62. The molecular weight excluding hydrogens is 386 g/mol. The van der Waals surface area contributed by atoms with Crippen LogP contribution in [0.15, 0.2) is 24.8 Å². The van der Waals surface area contributed by atoms with E-state index in [-0.39, 0.29) is 29.7 Å². The van der Waals surface area contributed by atoms with Crippen molar-refractivity contribution < 1.29 is 31.8 Å². The number of carbonyl (C=O) groups excluding carboxylic acids is 1. The van der Waals surface area contributed by atoms with Gasteiger partial charge in [-0.05, 0) is 30.9 Å². The molecule has 1 saturated carbocycles. The fraction of sp³-hybridized carbons (Fsp3) is 0.526. The van der Waals surface area contributed by atoms with Gasteiger partial charge in [0.15, 0.2) is 23.4 Å². The standard InChI is InChI=1S/C19H21NO7S/c1-2-8-20-9-7-18-15-11-3-4-13(27-28(23,24)25)16(15)26-17(18)12(21)5-6-19(18,22)14(20)10-11/h2-4,14,17,22H,1,5-10H2,(H,23,24,25)/t14-,17+,18+,19-/m1/s1. The highest BCUT2D eigenvalue weighted by Crippen LogP contribution is 2.64. The van der Waals surface area contributed by atoms with Gasteiger partial charge >= 0.3 is 10.4 Å². The fourth-order valence-corrected chi connectivity index (χ4v) is 6.32. The van der Waals surface area contributed by atoms with Gasteiger partial charge in [0, 0.05) is 31.1 Å². The summed E-state index contributed by atoms with van der Waals surface area (Å²) >= 11 is 0. The van der Waals surface area contributed by atoms with E-state index in [1.165, 1.54) is 6.07 Å². The first-order chi connectivity index (χ1) is 13.2. The Morgan fingerprint density at radius 1 is 1.39 bits per heavy atom. The summed E-state index contributed by atoms with van der Waals surface area (Å²) in [7, 11) is -4.75. The first-order valence-electron chi connectivity index (χ1n) is 9.31.